The fourth-order valence-electron chi connectivity index (χ4n) is 3.18. The molecule has 0 radical (unpaired) electrons. The van der Waals surface area contributed by atoms with Gasteiger partial charge in [0.1, 0.15) is 11.9 Å². The van der Waals surface area contributed by atoms with Crippen LogP contribution in [0.3, 0.4) is 0 Å². The topological polar surface area (TPSA) is 88.0 Å². The number of aliphatic hydroxyl groups is 2. The van der Waals surface area contributed by atoms with E-state index in [1.165, 1.54) is 12.1 Å². The number of benzene rings is 1. The number of ether oxygens (including phenoxy) is 2. The van der Waals surface area contributed by atoms with Crippen LogP contribution in [0.15, 0.2) is 36.9 Å². The van der Waals surface area contributed by atoms with Crippen molar-refractivity contribution in [2.45, 2.75) is 63.3 Å². The van der Waals surface area contributed by atoms with Crippen molar-refractivity contribution in [1.82, 2.24) is 5.32 Å². The average molecular weight is 381 g/mol. The molecule has 0 heterocycles. The third-order valence-electron chi connectivity index (χ3n) is 4.57. The zero-order chi connectivity index (χ0) is 20.0. The number of nitrogens with one attached hydrogen (secondary N) is 1. The van der Waals surface area contributed by atoms with Gasteiger partial charge in [-0.2, -0.15) is 0 Å². The summed E-state index contributed by atoms with van der Waals surface area (Å²) in [5.41, 5.74) is -1.14. The molecule has 1 aromatic rings. The van der Waals surface area contributed by atoms with Crippen molar-refractivity contribution in [2.24, 2.45) is 0 Å². The number of hydrogen-bond acceptors (Lipinski definition) is 5. The minimum Gasteiger partial charge on any atom is -0.390 e. The predicted molar refractivity (Wildman–Crippen MR) is 98.4 cm³/mol. The van der Waals surface area contributed by atoms with Gasteiger partial charge >= 0.3 is 0 Å². The number of halogens is 1. The lowest BCUT2D eigenvalue weighted by Gasteiger charge is -2.44. The van der Waals surface area contributed by atoms with Crippen LogP contribution in [0.1, 0.15) is 32.3 Å². The lowest BCUT2D eigenvalue weighted by Crippen LogP contribution is -2.61. The third kappa shape index (κ3) is 5.35. The first-order valence-corrected chi connectivity index (χ1v) is 9.06. The quantitative estimate of drug-likeness (QED) is 0.597. The van der Waals surface area contributed by atoms with Crippen molar-refractivity contribution in [1.29, 1.82) is 0 Å². The van der Waals surface area contributed by atoms with E-state index < -0.39 is 35.6 Å². The van der Waals surface area contributed by atoms with Gasteiger partial charge in [-0.3, -0.25) is 4.79 Å². The highest BCUT2D eigenvalue weighted by atomic mass is 19.1. The van der Waals surface area contributed by atoms with E-state index in [2.05, 4.69) is 11.9 Å². The second-order valence-electron chi connectivity index (χ2n) is 7.13. The third-order valence-corrected chi connectivity index (χ3v) is 4.57. The smallest absolute Gasteiger partial charge is 0.252 e. The number of carbonyl (C=O) groups is 1. The maximum atomic E-state index is 14.0. The summed E-state index contributed by atoms with van der Waals surface area (Å²) in [4.78, 5) is 12.9. The van der Waals surface area contributed by atoms with Crippen molar-refractivity contribution >= 4 is 5.91 Å². The van der Waals surface area contributed by atoms with Gasteiger partial charge in [0.25, 0.3) is 5.91 Å². The summed E-state index contributed by atoms with van der Waals surface area (Å²) in [5.74, 6) is -0.861. The highest BCUT2D eigenvalue weighted by Gasteiger charge is 2.51. The molecule has 0 spiro atoms. The summed E-state index contributed by atoms with van der Waals surface area (Å²) in [6, 6.07) is 5.99. The number of aliphatic hydroxyl groups excluding tert-OH is 2. The van der Waals surface area contributed by atoms with Crippen LogP contribution in [0.25, 0.3) is 0 Å². The van der Waals surface area contributed by atoms with Crippen molar-refractivity contribution in [2.75, 3.05) is 6.61 Å². The summed E-state index contributed by atoms with van der Waals surface area (Å²) in [7, 11) is 0. The van der Waals surface area contributed by atoms with Gasteiger partial charge in [0.2, 0.25) is 0 Å². The normalized spacial score (nSPS) is 28.1. The SMILES string of the molecule is C=CCO[C@H]1C[C@](OCc2ccccc2F)(C(=O)NC(C)C)C[C@@H](O)[C@H]1O. The largest absolute Gasteiger partial charge is 0.390 e. The standard InChI is InChI=1S/C20H28FNO5/c1-4-9-26-17-11-20(10-16(23)18(17)24,19(25)22-13(2)3)27-12-14-7-5-6-8-15(14)21/h4-8,13,16-18,23-24H,1,9-12H2,2-3H3,(H,22,25)/t16-,17+,18-,20+/m1/s1. The molecular weight excluding hydrogens is 353 g/mol. The molecule has 4 atom stereocenters. The van der Waals surface area contributed by atoms with E-state index in [1.807, 2.05) is 13.8 Å². The van der Waals surface area contributed by atoms with Crippen LogP contribution in [-0.2, 0) is 20.9 Å². The molecule has 0 aromatic heterocycles. The van der Waals surface area contributed by atoms with E-state index in [0.29, 0.717) is 5.56 Å². The molecule has 1 aliphatic carbocycles. The van der Waals surface area contributed by atoms with Gasteiger partial charge in [-0.25, -0.2) is 4.39 Å². The van der Waals surface area contributed by atoms with Crippen molar-refractivity contribution in [3.05, 3.63) is 48.3 Å². The van der Waals surface area contributed by atoms with E-state index in [9.17, 15) is 19.4 Å². The van der Waals surface area contributed by atoms with Gasteiger partial charge in [0.05, 0.1) is 25.4 Å². The Hall–Kier alpha value is -1.80. The molecule has 7 heteroatoms. The molecule has 2 rings (SSSR count). The first-order chi connectivity index (χ1) is 12.8. The first-order valence-electron chi connectivity index (χ1n) is 9.06. The van der Waals surface area contributed by atoms with Crippen LogP contribution in [0.4, 0.5) is 4.39 Å². The van der Waals surface area contributed by atoms with E-state index in [1.54, 1.807) is 18.2 Å². The fourth-order valence-corrected chi connectivity index (χ4v) is 3.18. The van der Waals surface area contributed by atoms with Crippen LogP contribution in [0, 0.1) is 5.82 Å². The number of carbonyl (C=O) groups excluding carboxylic acids is 1. The first kappa shape index (κ1) is 21.5. The summed E-state index contributed by atoms with van der Waals surface area (Å²) < 4.78 is 25.4. The Bertz CT molecular complexity index is 653. The molecule has 3 N–H and O–H groups in total. The Balaban J connectivity index is 2.27. The zero-order valence-corrected chi connectivity index (χ0v) is 15.7. The second kappa shape index (κ2) is 9.41. The second-order valence-corrected chi connectivity index (χ2v) is 7.13. The minimum absolute atomic E-state index is 0.0338. The van der Waals surface area contributed by atoms with Gasteiger partial charge in [0, 0.05) is 24.4 Å². The number of rotatable bonds is 8. The maximum Gasteiger partial charge on any atom is 0.252 e. The summed E-state index contributed by atoms with van der Waals surface area (Å²) in [6.45, 7) is 7.19. The van der Waals surface area contributed by atoms with Gasteiger partial charge in [-0.1, -0.05) is 24.3 Å². The number of amides is 1. The van der Waals surface area contributed by atoms with Gasteiger partial charge in [0.15, 0.2) is 5.60 Å². The Labute approximate surface area is 159 Å². The minimum atomic E-state index is -1.45. The molecule has 1 saturated carbocycles. The fraction of sp³-hybridized carbons (Fsp3) is 0.550. The molecule has 0 unspecified atom stereocenters. The molecule has 1 aliphatic rings. The lowest BCUT2D eigenvalue weighted by molar-refractivity contribution is -0.197. The maximum absolute atomic E-state index is 14.0. The van der Waals surface area contributed by atoms with Gasteiger partial charge in [-0.05, 0) is 19.9 Å². The van der Waals surface area contributed by atoms with Gasteiger partial charge < -0.3 is 25.0 Å². The van der Waals surface area contributed by atoms with Crippen LogP contribution >= 0.6 is 0 Å². The van der Waals surface area contributed by atoms with Crippen molar-refractivity contribution in [3.63, 3.8) is 0 Å². The van der Waals surface area contributed by atoms with Crippen molar-refractivity contribution < 1.29 is 28.9 Å². The highest BCUT2D eigenvalue weighted by Crippen LogP contribution is 2.35. The van der Waals surface area contributed by atoms with Crippen LogP contribution in [0.5, 0.6) is 0 Å². The molecule has 0 aliphatic heterocycles. The Morgan fingerprint density at radius 2 is 2.11 bits per heavy atom. The predicted octanol–water partition coefficient (Wildman–Crippen LogP) is 1.69. The molecule has 6 nitrogen and oxygen atoms in total. The van der Waals surface area contributed by atoms with Crippen molar-refractivity contribution in [3.8, 4) is 0 Å². The lowest BCUT2D eigenvalue weighted by atomic mass is 9.78. The molecule has 1 fully saturated rings. The summed E-state index contributed by atoms with van der Waals surface area (Å²) in [6.07, 6.45) is -1.75. The molecule has 0 bridgehead atoms. The summed E-state index contributed by atoms with van der Waals surface area (Å²) >= 11 is 0. The zero-order valence-electron chi connectivity index (χ0n) is 15.7. The Kier molecular flexibility index (Phi) is 7.49. The van der Waals surface area contributed by atoms with Crippen LogP contribution < -0.4 is 5.32 Å². The average Bonchev–Trinajstić information content (AvgIpc) is 2.62. The monoisotopic (exact) mass is 381 g/mol. The summed E-state index contributed by atoms with van der Waals surface area (Å²) in [5, 5.41) is 23.4. The van der Waals surface area contributed by atoms with E-state index in [0.717, 1.165) is 0 Å². The highest BCUT2D eigenvalue weighted by molar-refractivity contribution is 5.85. The molecular formula is C20H28FNO5. The number of hydrogen-bond donors (Lipinski definition) is 3. The van der Waals surface area contributed by atoms with Gasteiger partial charge in [-0.15, -0.1) is 6.58 Å². The Morgan fingerprint density at radius 3 is 2.74 bits per heavy atom. The van der Waals surface area contributed by atoms with E-state index in [-0.39, 0.29) is 32.1 Å². The van der Waals surface area contributed by atoms with E-state index >= 15 is 0 Å². The molecule has 1 aromatic carbocycles. The molecule has 27 heavy (non-hydrogen) atoms. The van der Waals surface area contributed by atoms with Crippen LogP contribution in [0.2, 0.25) is 0 Å². The molecule has 1 amide bonds. The molecule has 150 valence electrons. The Morgan fingerprint density at radius 1 is 1.41 bits per heavy atom. The molecule has 0 saturated heterocycles. The van der Waals surface area contributed by atoms with Crippen LogP contribution in [-0.4, -0.2) is 52.7 Å². The van der Waals surface area contributed by atoms with E-state index in [4.69, 9.17) is 9.47 Å².